The van der Waals surface area contributed by atoms with E-state index >= 15 is 0 Å². The van der Waals surface area contributed by atoms with Crippen molar-refractivity contribution >= 4 is 11.8 Å². The third-order valence-electron chi connectivity index (χ3n) is 4.76. The topological polar surface area (TPSA) is 104 Å². The van der Waals surface area contributed by atoms with E-state index in [-0.39, 0.29) is 18.0 Å². The maximum absolute atomic E-state index is 12.8. The fourth-order valence-electron chi connectivity index (χ4n) is 3.38. The molecule has 7 nitrogen and oxygen atoms in total. The van der Waals surface area contributed by atoms with Gasteiger partial charge in [-0.25, -0.2) is 9.59 Å². The van der Waals surface area contributed by atoms with Crippen molar-refractivity contribution in [3.63, 3.8) is 0 Å². The molecule has 0 aliphatic carbocycles. The van der Waals surface area contributed by atoms with Crippen LogP contribution in [0.3, 0.4) is 0 Å². The highest BCUT2D eigenvalue weighted by atomic mass is 16.5. The second-order valence-electron chi connectivity index (χ2n) is 7.00. The lowest BCUT2D eigenvalue weighted by atomic mass is 9.81. The van der Waals surface area contributed by atoms with Crippen LogP contribution in [-0.2, 0) is 9.53 Å². The normalized spacial score (nSPS) is 15.8. The summed E-state index contributed by atoms with van der Waals surface area (Å²) in [6, 6.07) is 7.74. The number of carbonyl (C=O) groups excluding carboxylic acids is 1. The Bertz CT molecular complexity index is 1060. The highest BCUT2D eigenvalue weighted by Crippen LogP contribution is 2.39. The molecule has 1 unspecified atom stereocenters. The molecule has 1 aliphatic rings. The predicted molar refractivity (Wildman–Crippen MR) is 108 cm³/mol. The predicted octanol–water partition coefficient (Wildman–Crippen LogP) is 2.75. The molecule has 0 fully saturated rings. The van der Waals surface area contributed by atoms with Gasteiger partial charge < -0.3 is 10.1 Å². The fourth-order valence-corrected chi connectivity index (χ4v) is 3.38. The Morgan fingerprint density at radius 3 is 2.50 bits per heavy atom. The van der Waals surface area contributed by atoms with E-state index in [1.54, 1.807) is 6.92 Å². The molecule has 1 aromatic heterocycles. The highest BCUT2D eigenvalue weighted by Gasteiger charge is 2.35. The van der Waals surface area contributed by atoms with E-state index in [0.29, 0.717) is 17.2 Å². The molecule has 0 radical (unpaired) electrons. The third-order valence-corrected chi connectivity index (χ3v) is 4.76. The zero-order valence-corrected chi connectivity index (χ0v) is 16.1. The number of rotatable bonds is 5. The van der Waals surface area contributed by atoms with Crippen LogP contribution >= 0.6 is 0 Å². The third kappa shape index (κ3) is 3.55. The maximum atomic E-state index is 12.8. The van der Waals surface area contributed by atoms with Crippen LogP contribution in [0.1, 0.15) is 49.3 Å². The van der Waals surface area contributed by atoms with E-state index in [1.165, 1.54) is 6.08 Å². The van der Waals surface area contributed by atoms with E-state index in [2.05, 4.69) is 35.7 Å². The standard InChI is InChI=1S/C21H23N3O4/c1-5-10-28-20(26)15-12(4)22-18-17(19(25)24-21(27)23-18)16(15)14-8-6-13(7-9-14)11(2)3/h5-9,11,16H,1,10H2,2-4H3,(H3,22,23,24,25,27). The molecule has 0 amide bonds. The van der Waals surface area contributed by atoms with Crippen LogP contribution in [0.5, 0.6) is 0 Å². The first-order chi connectivity index (χ1) is 13.3. The van der Waals surface area contributed by atoms with E-state index < -0.39 is 23.1 Å². The summed E-state index contributed by atoms with van der Waals surface area (Å²) in [4.78, 5) is 42.0. The van der Waals surface area contributed by atoms with Crippen LogP contribution in [0.15, 0.2) is 57.8 Å². The molecule has 0 spiro atoms. The van der Waals surface area contributed by atoms with Crippen molar-refractivity contribution in [2.24, 2.45) is 0 Å². The summed E-state index contributed by atoms with van der Waals surface area (Å²) < 4.78 is 5.25. The van der Waals surface area contributed by atoms with Gasteiger partial charge in [-0.1, -0.05) is 50.8 Å². The van der Waals surface area contributed by atoms with E-state index in [1.807, 2.05) is 24.3 Å². The maximum Gasteiger partial charge on any atom is 0.337 e. The number of hydrogen-bond donors (Lipinski definition) is 3. The number of allylic oxidation sites excluding steroid dienone is 1. The first-order valence-electron chi connectivity index (χ1n) is 9.05. The van der Waals surface area contributed by atoms with Gasteiger partial charge in [0.1, 0.15) is 12.4 Å². The molecular weight excluding hydrogens is 358 g/mol. The Balaban J connectivity index is 2.20. The fraction of sp³-hybridized carbons (Fsp3) is 0.286. The first-order valence-corrected chi connectivity index (χ1v) is 9.05. The van der Waals surface area contributed by atoms with E-state index in [0.717, 1.165) is 11.1 Å². The SMILES string of the molecule is C=CCOC(=O)C1=C(C)Nc2[nH]c(=O)[nH]c(=O)c2C1c1ccc(C(C)C)cc1. The van der Waals surface area contributed by atoms with Crippen LogP contribution in [-0.4, -0.2) is 22.5 Å². The number of hydrogen-bond acceptors (Lipinski definition) is 5. The molecule has 0 saturated carbocycles. The van der Waals surface area contributed by atoms with Crippen LogP contribution in [0.25, 0.3) is 0 Å². The highest BCUT2D eigenvalue weighted by molar-refractivity contribution is 5.94. The number of esters is 1. The van der Waals surface area contributed by atoms with Gasteiger partial charge in [0, 0.05) is 5.70 Å². The summed E-state index contributed by atoms with van der Waals surface area (Å²) in [7, 11) is 0. The summed E-state index contributed by atoms with van der Waals surface area (Å²) in [5, 5.41) is 2.96. The quantitative estimate of drug-likeness (QED) is 0.546. The lowest BCUT2D eigenvalue weighted by Crippen LogP contribution is -2.35. The summed E-state index contributed by atoms with van der Waals surface area (Å²) in [6.45, 7) is 9.51. The van der Waals surface area contributed by atoms with Crippen molar-refractivity contribution in [1.29, 1.82) is 0 Å². The van der Waals surface area contributed by atoms with Crippen molar-refractivity contribution in [3.8, 4) is 0 Å². The number of carbonyl (C=O) groups is 1. The molecule has 1 aromatic carbocycles. The largest absolute Gasteiger partial charge is 0.458 e. The molecule has 3 rings (SSSR count). The number of fused-ring (bicyclic) bond motifs is 1. The lowest BCUT2D eigenvalue weighted by molar-refractivity contribution is -0.138. The Morgan fingerprint density at radius 2 is 1.89 bits per heavy atom. The minimum absolute atomic E-state index is 0.0590. The second-order valence-corrected chi connectivity index (χ2v) is 7.00. The van der Waals surface area contributed by atoms with Gasteiger partial charge in [0.15, 0.2) is 0 Å². The second kappa shape index (κ2) is 7.72. The molecule has 2 heterocycles. The molecule has 1 atom stereocenters. The minimum atomic E-state index is -0.671. The Hall–Kier alpha value is -3.35. The molecule has 0 saturated heterocycles. The van der Waals surface area contributed by atoms with Crippen molar-refractivity contribution in [1.82, 2.24) is 9.97 Å². The number of benzene rings is 1. The zero-order valence-electron chi connectivity index (χ0n) is 16.1. The Kier molecular flexibility index (Phi) is 5.35. The average Bonchev–Trinajstić information content (AvgIpc) is 2.64. The van der Waals surface area contributed by atoms with Gasteiger partial charge in [-0.2, -0.15) is 0 Å². The monoisotopic (exact) mass is 381 g/mol. The van der Waals surface area contributed by atoms with Crippen molar-refractivity contribution in [2.75, 3.05) is 11.9 Å². The van der Waals surface area contributed by atoms with Crippen molar-refractivity contribution in [3.05, 3.63) is 85.7 Å². The lowest BCUT2D eigenvalue weighted by Gasteiger charge is -2.28. The van der Waals surface area contributed by atoms with Gasteiger partial charge in [-0.05, 0) is 24.0 Å². The number of H-pyrrole nitrogens is 2. The summed E-state index contributed by atoms with van der Waals surface area (Å²) in [5.74, 6) is -0.581. The summed E-state index contributed by atoms with van der Waals surface area (Å²) in [5.41, 5.74) is 1.85. The number of aromatic nitrogens is 2. The van der Waals surface area contributed by atoms with Gasteiger partial charge in [0.25, 0.3) is 5.56 Å². The minimum Gasteiger partial charge on any atom is -0.458 e. The molecule has 146 valence electrons. The van der Waals surface area contributed by atoms with Gasteiger partial charge in [-0.15, -0.1) is 0 Å². The van der Waals surface area contributed by atoms with Crippen LogP contribution in [0.4, 0.5) is 5.82 Å². The number of ether oxygens (including phenoxy) is 1. The molecule has 3 N–H and O–H groups in total. The Labute approximate surface area is 162 Å². The van der Waals surface area contributed by atoms with E-state index in [4.69, 9.17) is 4.74 Å². The van der Waals surface area contributed by atoms with E-state index in [9.17, 15) is 14.4 Å². The summed E-state index contributed by atoms with van der Waals surface area (Å²) >= 11 is 0. The van der Waals surface area contributed by atoms with Gasteiger partial charge in [0.2, 0.25) is 0 Å². The molecule has 7 heteroatoms. The molecule has 1 aliphatic heterocycles. The van der Waals surface area contributed by atoms with Crippen molar-refractivity contribution in [2.45, 2.75) is 32.6 Å². The van der Waals surface area contributed by atoms with Crippen LogP contribution < -0.4 is 16.6 Å². The Morgan fingerprint density at radius 1 is 1.21 bits per heavy atom. The van der Waals surface area contributed by atoms with Gasteiger partial charge in [0.05, 0.1) is 17.1 Å². The average molecular weight is 381 g/mol. The first kappa shape index (κ1) is 19.4. The van der Waals surface area contributed by atoms with Crippen molar-refractivity contribution < 1.29 is 9.53 Å². The molecule has 0 bridgehead atoms. The molecule has 2 aromatic rings. The van der Waals surface area contributed by atoms with Crippen LogP contribution in [0, 0.1) is 0 Å². The van der Waals surface area contributed by atoms with Crippen LogP contribution in [0.2, 0.25) is 0 Å². The molecule has 28 heavy (non-hydrogen) atoms. The van der Waals surface area contributed by atoms with Gasteiger partial charge in [-0.3, -0.25) is 14.8 Å². The van der Waals surface area contributed by atoms with Gasteiger partial charge >= 0.3 is 11.7 Å². The smallest absolute Gasteiger partial charge is 0.337 e. The zero-order chi connectivity index (χ0) is 20.4. The number of nitrogens with one attached hydrogen (secondary N) is 3. The number of aromatic amines is 2. The molecular formula is C21H23N3O4. The summed E-state index contributed by atoms with van der Waals surface area (Å²) in [6.07, 6.45) is 1.48. The number of anilines is 1.